The molecule has 0 unspecified atom stereocenters. The van der Waals surface area contributed by atoms with Gasteiger partial charge in [0.25, 0.3) is 0 Å². The lowest BCUT2D eigenvalue weighted by atomic mass is 10.3. The molecule has 0 amide bonds. The molecule has 0 aliphatic heterocycles. The van der Waals surface area contributed by atoms with E-state index < -0.39 is 0 Å². The summed E-state index contributed by atoms with van der Waals surface area (Å²) in [6.45, 7) is 1.89. The van der Waals surface area contributed by atoms with Crippen LogP contribution in [0, 0.1) is 12.7 Å². The fourth-order valence-corrected chi connectivity index (χ4v) is 2.94. The highest BCUT2D eigenvalue weighted by atomic mass is 32.1. The molecule has 0 spiro atoms. The van der Waals surface area contributed by atoms with Crippen LogP contribution >= 0.6 is 22.7 Å². The molecule has 1 aromatic carbocycles. The number of hydrogen-bond acceptors (Lipinski definition) is 6. The van der Waals surface area contributed by atoms with Crippen molar-refractivity contribution in [3.8, 4) is 0 Å². The van der Waals surface area contributed by atoms with Crippen molar-refractivity contribution >= 4 is 43.2 Å². The molecule has 0 aliphatic carbocycles. The first-order valence-electron chi connectivity index (χ1n) is 4.84. The number of rotatable bonds is 2. The molecular weight excluding hydrogens is 259 g/mol. The zero-order valence-electron chi connectivity index (χ0n) is 8.77. The van der Waals surface area contributed by atoms with Gasteiger partial charge < -0.3 is 5.32 Å². The van der Waals surface area contributed by atoms with Crippen LogP contribution < -0.4 is 5.32 Å². The van der Waals surface area contributed by atoms with Crippen LogP contribution in [0.1, 0.15) is 5.01 Å². The molecule has 3 aromatic rings. The number of halogens is 1. The third-order valence-electron chi connectivity index (χ3n) is 2.09. The van der Waals surface area contributed by atoms with E-state index in [0.29, 0.717) is 10.3 Å². The van der Waals surface area contributed by atoms with E-state index in [2.05, 4.69) is 20.5 Å². The van der Waals surface area contributed by atoms with Crippen molar-refractivity contribution in [3.05, 3.63) is 29.0 Å². The summed E-state index contributed by atoms with van der Waals surface area (Å²) >= 11 is 2.85. The van der Waals surface area contributed by atoms with Crippen LogP contribution in [0.4, 0.5) is 14.7 Å². The van der Waals surface area contributed by atoms with Crippen LogP contribution in [0.3, 0.4) is 0 Å². The Bertz CT molecular complexity index is 676. The van der Waals surface area contributed by atoms with E-state index in [1.807, 2.05) is 6.92 Å². The highest BCUT2D eigenvalue weighted by molar-refractivity contribution is 7.22. The van der Waals surface area contributed by atoms with Crippen LogP contribution in [0.15, 0.2) is 18.2 Å². The van der Waals surface area contributed by atoms with Gasteiger partial charge in [0, 0.05) is 0 Å². The van der Waals surface area contributed by atoms with Gasteiger partial charge in [-0.1, -0.05) is 22.7 Å². The molecule has 3 rings (SSSR count). The predicted molar refractivity (Wildman–Crippen MR) is 67.5 cm³/mol. The van der Waals surface area contributed by atoms with Crippen molar-refractivity contribution < 1.29 is 4.39 Å². The van der Waals surface area contributed by atoms with Gasteiger partial charge >= 0.3 is 0 Å². The molecule has 2 heterocycles. The Kier molecular flexibility index (Phi) is 2.49. The summed E-state index contributed by atoms with van der Waals surface area (Å²) in [6, 6.07) is 4.54. The summed E-state index contributed by atoms with van der Waals surface area (Å²) in [4.78, 5) is 4.34. The topological polar surface area (TPSA) is 50.7 Å². The van der Waals surface area contributed by atoms with E-state index in [4.69, 9.17) is 0 Å². The number of benzene rings is 1. The van der Waals surface area contributed by atoms with Crippen molar-refractivity contribution in [3.63, 3.8) is 0 Å². The maximum Gasteiger partial charge on any atom is 0.211 e. The number of anilines is 2. The van der Waals surface area contributed by atoms with Gasteiger partial charge in [0.15, 0.2) is 5.13 Å². The zero-order valence-corrected chi connectivity index (χ0v) is 10.4. The summed E-state index contributed by atoms with van der Waals surface area (Å²) in [5.74, 6) is -0.251. The number of aryl methyl sites for hydroxylation is 1. The smallest absolute Gasteiger partial charge is 0.211 e. The number of hydrogen-bond donors (Lipinski definition) is 1. The van der Waals surface area contributed by atoms with Crippen molar-refractivity contribution in [1.82, 2.24) is 15.2 Å². The highest BCUT2D eigenvalue weighted by Gasteiger charge is 2.07. The summed E-state index contributed by atoms with van der Waals surface area (Å²) < 4.78 is 13.8. The molecule has 7 heteroatoms. The minimum Gasteiger partial charge on any atom is -0.306 e. The molecule has 0 aliphatic rings. The van der Waals surface area contributed by atoms with E-state index in [9.17, 15) is 4.39 Å². The van der Waals surface area contributed by atoms with Crippen LogP contribution in [-0.2, 0) is 0 Å². The second-order valence-corrected chi connectivity index (χ2v) is 5.59. The normalized spacial score (nSPS) is 10.9. The van der Waals surface area contributed by atoms with Crippen LogP contribution in [0.25, 0.3) is 10.2 Å². The molecule has 0 bridgehead atoms. The van der Waals surface area contributed by atoms with Crippen molar-refractivity contribution in [2.24, 2.45) is 0 Å². The summed E-state index contributed by atoms with van der Waals surface area (Å²) in [7, 11) is 0. The molecule has 0 atom stereocenters. The lowest BCUT2D eigenvalue weighted by Crippen LogP contribution is -1.87. The zero-order chi connectivity index (χ0) is 11.8. The van der Waals surface area contributed by atoms with Crippen LogP contribution in [-0.4, -0.2) is 15.2 Å². The van der Waals surface area contributed by atoms with Gasteiger partial charge in [-0.2, -0.15) is 0 Å². The standard InChI is InChI=1S/C10H7FN4S2/c1-5-14-15-10(16-5)13-9-12-7-3-2-6(11)4-8(7)17-9/h2-4H,1H3,(H,12,13,15). The molecule has 17 heavy (non-hydrogen) atoms. The Morgan fingerprint density at radius 3 is 2.82 bits per heavy atom. The molecule has 86 valence electrons. The van der Waals surface area contributed by atoms with E-state index >= 15 is 0 Å². The second-order valence-electron chi connectivity index (χ2n) is 3.38. The summed E-state index contributed by atoms with van der Waals surface area (Å²) in [5.41, 5.74) is 0.778. The quantitative estimate of drug-likeness (QED) is 0.773. The van der Waals surface area contributed by atoms with Gasteiger partial charge in [0.05, 0.1) is 10.2 Å². The minimum atomic E-state index is -0.251. The van der Waals surface area contributed by atoms with E-state index in [0.717, 1.165) is 15.2 Å². The molecule has 0 fully saturated rings. The van der Waals surface area contributed by atoms with Crippen molar-refractivity contribution in [2.45, 2.75) is 6.92 Å². The van der Waals surface area contributed by atoms with Gasteiger partial charge in [-0.05, 0) is 25.1 Å². The fraction of sp³-hybridized carbons (Fsp3) is 0.100. The van der Waals surface area contributed by atoms with E-state index in [1.165, 1.54) is 34.8 Å². The molecule has 0 saturated carbocycles. The first kappa shape index (κ1) is 10.5. The first-order chi connectivity index (χ1) is 8.20. The number of nitrogens with one attached hydrogen (secondary N) is 1. The average molecular weight is 266 g/mol. The number of aromatic nitrogens is 3. The Morgan fingerprint density at radius 2 is 2.06 bits per heavy atom. The lowest BCUT2D eigenvalue weighted by molar-refractivity contribution is 0.630. The third kappa shape index (κ3) is 2.11. The molecule has 4 nitrogen and oxygen atoms in total. The molecular formula is C10H7FN4S2. The van der Waals surface area contributed by atoms with Gasteiger partial charge in [-0.15, -0.1) is 10.2 Å². The van der Waals surface area contributed by atoms with Crippen LogP contribution in [0.2, 0.25) is 0 Å². The molecule has 0 saturated heterocycles. The largest absolute Gasteiger partial charge is 0.306 e. The lowest BCUT2D eigenvalue weighted by Gasteiger charge is -1.92. The van der Waals surface area contributed by atoms with Crippen molar-refractivity contribution in [2.75, 3.05) is 5.32 Å². The van der Waals surface area contributed by atoms with Crippen molar-refractivity contribution in [1.29, 1.82) is 0 Å². The van der Waals surface area contributed by atoms with E-state index in [1.54, 1.807) is 6.07 Å². The van der Waals surface area contributed by atoms with Crippen LogP contribution in [0.5, 0.6) is 0 Å². The third-order valence-corrected chi connectivity index (χ3v) is 3.78. The monoisotopic (exact) mass is 266 g/mol. The van der Waals surface area contributed by atoms with Gasteiger partial charge in [0.1, 0.15) is 10.8 Å². The molecule has 2 aromatic heterocycles. The number of thiazole rings is 1. The summed E-state index contributed by atoms with van der Waals surface area (Å²) in [6.07, 6.45) is 0. The Balaban J connectivity index is 1.95. The van der Waals surface area contributed by atoms with Gasteiger partial charge in [0.2, 0.25) is 5.13 Å². The van der Waals surface area contributed by atoms with Gasteiger partial charge in [-0.3, -0.25) is 0 Å². The SMILES string of the molecule is Cc1nnc(Nc2nc3ccc(F)cc3s2)s1. The Morgan fingerprint density at radius 1 is 1.18 bits per heavy atom. The number of fused-ring (bicyclic) bond motifs is 1. The fourth-order valence-electron chi connectivity index (χ4n) is 1.39. The Labute approximate surface area is 104 Å². The van der Waals surface area contributed by atoms with E-state index in [-0.39, 0.29) is 5.82 Å². The molecule has 1 N–H and O–H groups in total. The number of nitrogens with zero attached hydrogens (tertiary/aromatic N) is 3. The predicted octanol–water partition coefficient (Wildman–Crippen LogP) is 3.34. The first-order valence-corrected chi connectivity index (χ1v) is 6.47. The highest BCUT2D eigenvalue weighted by Crippen LogP contribution is 2.29. The second kappa shape index (κ2) is 4.01. The maximum atomic E-state index is 13.0. The van der Waals surface area contributed by atoms with Gasteiger partial charge in [-0.25, -0.2) is 9.37 Å². The average Bonchev–Trinajstić information content (AvgIpc) is 2.84. The summed E-state index contributed by atoms with van der Waals surface area (Å²) in [5, 5.41) is 13.2. The molecule has 0 radical (unpaired) electrons. The maximum absolute atomic E-state index is 13.0. The minimum absolute atomic E-state index is 0.251. The Hall–Kier alpha value is -1.60.